The SMILES string of the molecule is CCOc1ccc(-n2cccc2C2C(c3ccccn3)NC(=S)N2CCC(=O)Nc2ccc(C)cc2)cc1. The third-order valence-corrected chi connectivity index (χ3v) is 6.97. The van der Waals surface area contributed by atoms with E-state index in [-0.39, 0.29) is 18.0 Å². The molecular formula is C30H31N5O2S. The maximum atomic E-state index is 12.8. The number of hydrogen-bond acceptors (Lipinski definition) is 4. The molecule has 2 atom stereocenters. The fraction of sp³-hybridized carbons (Fsp3) is 0.233. The van der Waals surface area contributed by atoms with Crippen LogP contribution in [0.15, 0.2) is 91.3 Å². The first-order valence-electron chi connectivity index (χ1n) is 12.8. The monoisotopic (exact) mass is 525 g/mol. The number of ether oxygens (including phenoxy) is 1. The van der Waals surface area contributed by atoms with E-state index in [0.29, 0.717) is 24.7 Å². The number of nitrogens with one attached hydrogen (secondary N) is 2. The van der Waals surface area contributed by atoms with E-state index < -0.39 is 0 Å². The predicted octanol–water partition coefficient (Wildman–Crippen LogP) is 5.58. The standard InChI is InChI=1S/C30H31N5O2S/c1-3-37-24-15-13-23(14-16-24)34-19-6-8-26(34)29-28(25-7-4-5-18-31-25)33-30(38)35(29)20-17-27(36)32-22-11-9-21(2)10-12-22/h4-16,18-19,28-29H,3,17,20H2,1-2H3,(H,32,36)(H,33,38). The van der Waals surface area contributed by atoms with Crippen LogP contribution in [-0.2, 0) is 4.79 Å². The van der Waals surface area contributed by atoms with Crippen molar-refractivity contribution in [3.8, 4) is 11.4 Å². The molecule has 5 rings (SSSR count). The first kappa shape index (κ1) is 25.5. The summed E-state index contributed by atoms with van der Waals surface area (Å²) in [5.74, 6) is 0.778. The van der Waals surface area contributed by atoms with Crippen LogP contribution in [0.2, 0.25) is 0 Å². The molecule has 2 N–H and O–H groups in total. The van der Waals surface area contributed by atoms with Crippen LogP contribution in [0.25, 0.3) is 5.69 Å². The van der Waals surface area contributed by atoms with E-state index in [2.05, 4.69) is 31.2 Å². The Morgan fingerprint density at radius 3 is 2.55 bits per heavy atom. The van der Waals surface area contributed by atoms with Crippen molar-refractivity contribution in [2.45, 2.75) is 32.4 Å². The molecule has 2 aromatic heterocycles. The topological polar surface area (TPSA) is 71.4 Å². The van der Waals surface area contributed by atoms with Crippen molar-refractivity contribution in [1.29, 1.82) is 0 Å². The molecular weight excluding hydrogens is 494 g/mol. The third-order valence-electron chi connectivity index (χ3n) is 6.62. The Morgan fingerprint density at radius 1 is 1.05 bits per heavy atom. The van der Waals surface area contributed by atoms with Gasteiger partial charge in [-0.1, -0.05) is 23.8 Å². The maximum Gasteiger partial charge on any atom is 0.226 e. The van der Waals surface area contributed by atoms with Crippen LogP contribution in [0.3, 0.4) is 0 Å². The lowest BCUT2D eigenvalue weighted by molar-refractivity contribution is -0.116. The van der Waals surface area contributed by atoms with Crippen LogP contribution < -0.4 is 15.4 Å². The zero-order valence-corrected chi connectivity index (χ0v) is 22.3. The summed E-state index contributed by atoms with van der Waals surface area (Å²) in [4.78, 5) is 19.6. The van der Waals surface area contributed by atoms with Gasteiger partial charge in [-0.25, -0.2) is 0 Å². The van der Waals surface area contributed by atoms with Gasteiger partial charge in [0.05, 0.1) is 24.4 Å². The van der Waals surface area contributed by atoms with Gasteiger partial charge in [-0.2, -0.15) is 0 Å². The summed E-state index contributed by atoms with van der Waals surface area (Å²) in [5.41, 5.74) is 4.90. The minimum atomic E-state index is -0.166. The van der Waals surface area contributed by atoms with Crippen LogP contribution in [-0.4, -0.2) is 38.6 Å². The molecule has 1 fully saturated rings. The highest BCUT2D eigenvalue weighted by Gasteiger charge is 2.41. The second kappa shape index (κ2) is 11.5. The van der Waals surface area contributed by atoms with Crippen LogP contribution in [0, 0.1) is 6.92 Å². The van der Waals surface area contributed by atoms with Crippen molar-refractivity contribution >= 4 is 28.9 Å². The van der Waals surface area contributed by atoms with Gasteiger partial charge < -0.3 is 24.8 Å². The highest BCUT2D eigenvalue weighted by atomic mass is 32.1. The zero-order valence-electron chi connectivity index (χ0n) is 21.5. The summed E-state index contributed by atoms with van der Waals surface area (Å²) < 4.78 is 7.78. The first-order valence-corrected chi connectivity index (χ1v) is 13.2. The number of aryl methyl sites for hydroxylation is 1. The average Bonchev–Trinajstić information content (AvgIpc) is 3.54. The van der Waals surface area contributed by atoms with E-state index in [9.17, 15) is 4.79 Å². The highest BCUT2D eigenvalue weighted by molar-refractivity contribution is 7.80. The largest absolute Gasteiger partial charge is 0.494 e. The molecule has 2 aromatic carbocycles. The molecule has 8 heteroatoms. The van der Waals surface area contributed by atoms with E-state index in [4.69, 9.17) is 17.0 Å². The Kier molecular flexibility index (Phi) is 7.70. The summed E-state index contributed by atoms with van der Waals surface area (Å²) in [7, 11) is 0. The molecule has 0 radical (unpaired) electrons. The van der Waals surface area contributed by atoms with Crippen molar-refractivity contribution in [2.75, 3.05) is 18.5 Å². The smallest absolute Gasteiger partial charge is 0.226 e. The van der Waals surface area contributed by atoms with Gasteiger partial charge >= 0.3 is 0 Å². The molecule has 2 unspecified atom stereocenters. The Hall–Kier alpha value is -4.17. The summed E-state index contributed by atoms with van der Waals surface area (Å²) in [5, 5.41) is 7.07. The molecule has 38 heavy (non-hydrogen) atoms. The number of thiocarbonyl (C=S) groups is 1. The molecule has 7 nitrogen and oxygen atoms in total. The van der Waals surface area contributed by atoms with Gasteiger partial charge in [-0.05, 0) is 86.7 Å². The van der Waals surface area contributed by atoms with Crippen molar-refractivity contribution in [3.63, 3.8) is 0 Å². The summed E-state index contributed by atoms with van der Waals surface area (Å²) >= 11 is 5.80. The molecule has 0 spiro atoms. The molecule has 4 aromatic rings. The summed E-state index contributed by atoms with van der Waals surface area (Å²) in [6.45, 7) is 5.08. The average molecular weight is 526 g/mol. The van der Waals surface area contributed by atoms with E-state index in [1.807, 2.05) is 92.8 Å². The molecule has 1 aliphatic rings. The van der Waals surface area contributed by atoms with E-state index in [0.717, 1.165) is 34.1 Å². The Morgan fingerprint density at radius 2 is 1.84 bits per heavy atom. The van der Waals surface area contributed by atoms with Gasteiger partial charge in [0.1, 0.15) is 5.75 Å². The van der Waals surface area contributed by atoms with Gasteiger partial charge in [0.2, 0.25) is 5.91 Å². The maximum absolute atomic E-state index is 12.8. The van der Waals surface area contributed by atoms with Gasteiger partial charge in [0.25, 0.3) is 0 Å². The number of benzene rings is 2. The molecule has 3 heterocycles. The number of rotatable bonds is 9. The fourth-order valence-corrected chi connectivity index (χ4v) is 5.12. The summed E-state index contributed by atoms with van der Waals surface area (Å²) in [6, 6.07) is 25.5. The van der Waals surface area contributed by atoms with Gasteiger partial charge in [-0.15, -0.1) is 0 Å². The Bertz CT molecular complexity index is 1390. The van der Waals surface area contributed by atoms with E-state index >= 15 is 0 Å². The van der Waals surface area contributed by atoms with E-state index in [1.165, 1.54) is 0 Å². The molecule has 194 valence electrons. The minimum absolute atomic E-state index is 0.0569. The lowest BCUT2D eigenvalue weighted by Gasteiger charge is -2.29. The van der Waals surface area contributed by atoms with Crippen molar-refractivity contribution in [1.82, 2.24) is 19.8 Å². The lowest BCUT2D eigenvalue weighted by atomic mass is 10.0. The van der Waals surface area contributed by atoms with Crippen molar-refractivity contribution in [3.05, 3.63) is 108 Å². The number of nitrogens with zero attached hydrogens (tertiary/aromatic N) is 3. The van der Waals surface area contributed by atoms with Crippen LogP contribution in [0.5, 0.6) is 5.75 Å². The number of carbonyl (C=O) groups excluding carboxylic acids is 1. The van der Waals surface area contributed by atoms with Gasteiger partial charge in [-0.3, -0.25) is 9.78 Å². The molecule has 1 saturated heterocycles. The first-order chi connectivity index (χ1) is 18.5. The quantitative estimate of drug-likeness (QED) is 0.278. The molecule has 0 aliphatic carbocycles. The highest BCUT2D eigenvalue weighted by Crippen LogP contribution is 2.39. The number of pyridine rings is 1. The molecule has 0 bridgehead atoms. The third kappa shape index (κ3) is 5.55. The number of carbonyl (C=O) groups is 1. The lowest BCUT2D eigenvalue weighted by Crippen LogP contribution is -2.33. The number of anilines is 1. The van der Waals surface area contributed by atoms with Crippen molar-refractivity contribution < 1.29 is 9.53 Å². The molecule has 0 saturated carbocycles. The Balaban J connectivity index is 1.42. The van der Waals surface area contributed by atoms with Crippen molar-refractivity contribution in [2.24, 2.45) is 0 Å². The minimum Gasteiger partial charge on any atom is -0.494 e. The predicted molar refractivity (Wildman–Crippen MR) is 154 cm³/mol. The summed E-state index contributed by atoms with van der Waals surface area (Å²) in [6.07, 6.45) is 4.13. The molecule has 1 aliphatic heterocycles. The zero-order chi connectivity index (χ0) is 26.5. The fourth-order valence-electron chi connectivity index (χ4n) is 4.79. The second-order valence-electron chi connectivity index (χ2n) is 9.21. The molecule has 1 amide bonds. The van der Waals surface area contributed by atoms with E-state index in [1.54, 1.807) is 6.20 Å². The van der Waals surface area contributed by atoms with Crippen LogP contribution in [0.1, 0.15) is 42.4 Å². The van der Waals surface area contributed by atoms with Crippen LogP contribution >= 0.6 is 12.2 Å². The normalized spacial score (nSPS) is 16.8. The van der Waals surface area contributed by atoms with Crippen LogP contribution in [0.4, 0.5) is 5.69 Å². The number of hydrogen-bond donors (Lipinski definition) is 2. The van der Waals surface area contributed by atoms with Gasteiger partial charge in [0.15, 0.2) is 5.11 Å². The van der Waals surface area contributed by atoms with Gasteiger partial charge in [0, 0.05) is 42.4 Å². The number of aromatic nitrogens is 2. The number of amides is 1. The Labute approximate surface area is 228 Å². The second-order valence-corrected chi connectivity index (χ2v) is 9.60.